The van der Waals surface area contributed by atoms with Crippen LogP contribution in [0.4, 0.5) is 5.69 Å². The molecule has 1 aromatic carbocycles. The first-order valence-corrected chi connectivity index (χ1v) is 7.02. The highest BCUT2D eigenvalue weighted by molar-refractivity contribution is 6.33. The number of anilines is 1. The summed E-state index contributed by atoms with van der Waals surface area (Å²) in [6, 6.07) is 5.02. The zero-order valence-corrected chi connectivity index (χ0v) is 12.2. The molecule has 3 nitrogen and oxygen atoms in total. The molecule has 0 aromatic heterocycles. The highest BCUT2D eigenvalue weighted by Crippen LogP contribution is 2.36. The largest absolute Gasteiger partial charge is 0.459 e. The Labute approximate surface area is 119 Å². The second kappa shape index (κ2) is 5.41. The minimum atomic E-state index is -0.371. The van der Waals surface area contributed by atoms with Crippen LogP contribution in [0, 0.1) is 5.41 Å². The van der Waals surface area contributed by atoms with Crippen molar-refractivity contribution in [1.82, 2.24) is 0 Å². The number of hydrogen-bond acceptors (Lipinski definition) is 3. The van der Waals surface area contributed by atoms with Crippen molar-refractivity contribution in [2.24, 2.45) is 5.41 Å². The first kappa shape index (κ1) is 14.2. The summed E-state index contributed by atoms with van der Waals surface area (Å²) in [6.45, 7) is 4.50. The molecule has 1 aromatic rings. The molecule has 2 rings (SSSR count). The van der Waals surface area contributed by atoms with Crippen molar-refractivity contribution in [3.63, 3.8) is 0 Å². The third kappa shape index (κ3) is 3.41. The van der Waals surface area contributed by atoms with Crippen LogP contribution in [0.5, 0.6) is 0 Å². The summed E-state index contributed by atoms with van der Waals surface area (Å²) in [7, 11) is 0. The molecule has 104 valence electrons. The maximum Gasteiger partial charge on any atom is 0.340 e. The zero-order valence-electron chi connectivity index (χ0n) is 11.4. The van der Waals surface area contributed by atoms with Gasteiger partial charge in [0.1, 0.15) is 6.10 Å². The number of nitrogens with two attached hydrogens (primary N) is 1. The minimum absolute atomic E-state index is 0.00101. The van der Waals surface area contributed by atoms with E-state index in [0.29, 0.717) is 21.7 Å². The Balaban J connectivity index is 2.00. The lowest BCUT2D eigenvalue weighted by Gasteiger charge is -2.33. The maximum atomic E-state index is 12.1. The van der Waals surface area contributed by atoms with E-state index < -0.39 is 0 Å². The number of nitrogen functional groups attached to an aromatic ring is 1. The average molecular weight is 282 g/mol. The standard InChI is InChI=1S/C15H20ClNO2/c1-15(2)8-6-10(7-9-15)19-14(18)11-4-3-5-12(16)13(11)17/h3-5,10H,6-9,17H2,1-2H3. The lowest BCUT2D eigenvalue weighted by Crippen LogP contribution is -2.28. The summed E-state index contributed by atoms with van der Waals surface area (Å²) in [4.78, 5) is 12.1. The molecule has 4 heteroatoms. The fraction of sp³-hybridized carbons (Fsp3) is 0.533. The van der Waals surface area contributed by atoms with Gasteiger partial charge in [-0.1, -0.05) is 31.5 Å². The Morgan fingerprint density at radius 2 is 2.00 bits per heavy atom. The van der Waals surface area contributed by atoms with Gasteiger partial charge in [0, 0.05) is 0 Å². The molecule has 0 amide bonds. The van der Waals surface area contributed by atoms with Crippen molar-refractivity contribution in [3.8, 4) is 0 Å². The monoisotopic (exact) mass is 281 g/mol. The van der Waals surface area contributed by atoms with Crippen LogP contribution in [0.2, 0.25) is 5.02 Å². The van der Waals surface area contributed by atoms with Gasteiger partial charge in [0.25, 0.3) is 0 Å². The average Bonchev–Trinajstić information content (AvgIpc) is 2.35. The molecular weight excluding hydrogens is 262 g/mol. The van der Waals surface area contributed by atoms with E-state index in [1.807, 2.05) is 0 Å². The Morgan fingerprint density at radius 3 is 2.63 bits per heavy atom. The lowest BCUT2D eigenvalue weighted by molar-refractivity contribution is 0.00962. The fourth-order valence-electron chi connectivity index (χ4n) is 2.42. The van der Waals surface area contributed by atoms with E-state index in [1.54, 1.807) is 18.2 Å². The van der Waals surface area contributed by atoms with Gasteiger partial charge in [-0.15, -0.1) is 0 Å². The first-order valence-electron chi connectivity index (χ1n) is 6.64. The second-order valence-corrected chi connectivity index (χ2v) is 6.38. The van der Waals surface area contributed by atoms with Gasteiger partial charge in [0.2, 0.25) is 0 Å². The number of carbonyl (C=O) groups excluding carboxylic acids is 1. The summed E-state index contributed by atoms with van der Waals surface area (Å²) in [5.41, 5.74) is 6.81. The van der Waals surface area contributed by atoms with Gasteiger partial charge in [0.15, 0.2) is 0 Å². The molecule has 0 heterocycles. The van der Waals surface area contributed by atoms with E-state index in [0.717, 1.165) is 25.7 Å². The normalized spacial score (nSPS) is 19.1. The molecule has 0 radical (unpaired) electrons. The van der Waals surface area contributed by atoms with Crippen molar-refractivity contribution in [2.75, 3.05) is 5.73 Å². The molecule has 19 heavy (non-hydrogen) atoms. The van der Waals surface area contributed by atoms with Gasteiger partial charge in [-0.25, -0.2) is 4.79 Å². The van der Waals surface area contributed by atoms with Gasteiger partial charge in [0.05, 0.1) is 16.3 Å². The molecule has 0 atom stereocenters. The van der Waals surface area contributed by atoms with Crippen LogP contribution < -0.4 is 5.73 Å². The van der Waals surface area contributed by atoms with Crippen molar-refractivity contribution in [3.05, 3.63) is 28.8 Å². The Bertz CT molecular complexity index is 475. The first-order chi connectivity index (χ1) is 8.89. The van der Waals surface area contributed by atoms with Crippen molar-refractivity contribution in [1.29, 1.82) is 0 Å². The number of ether oxygens (including phenoxy) is 1. The SMILES string of the molecule is CC1(C)CCC(OC(=O)c2cccc(Cl)c2N)CC1. The third-order valence-electron chi connectivity index (χ3n) is 3.83. The molecule has 2 N–H and O–H groups in total. The van der Waals surface area contributed by atoms with Crippen LogP contribution in [-0.4, -0.2) is 12.1 Å². The predicted molar refractivity (Wildman–Crippen MR) is 77.3 cm³/mol. The van der Waals surface area contributed by atoms with E-state index in [-0.39, 0.29) is 12.1 Å². The summed E-state index contributed by atoms with van der Waals surface area (Å²) < 4.78 is 5.53. The molecule has 1 fully saturated rings. The number of rotatable bonds is 2. The van der Waals surface area contributed by atoms with Crippen LogP contribution >= 0.6 is 11.6 Å². The van der Waals surface area contributed by atoms with E-state index in [1.165, 1.54) is 0 Å². The van der Waals surface area contributed by atoms with Gasteiger partial charge in [-0.05, 0) is 43.2 Å². The van der Waals surface area contributed by atoms with E-state index in [2.05, 4.69) is 13.8 Å². The van der Waals surface area contributed by atoms with Gasteiger partial charge < -0.3 is 10.5 Å². The summed E-state index contributed by atoms with van der Waals surface area (Å²) in [6.07, 6.45) is 3.99. The third-order valence-corrected chi connectivity index (χ3v) is 4.16. The van der Waals surface area contributed by atoms with E-state index >= 15 is 0 Å². The Hall–Kier alpha value is -1.22. The van der Waals surface area contributed by atoms with Crippen LogP contribution in [0.25, 0.3) is 0 Å². The maximum absolute atomic E-state index is 12.1. The van der Waals surface area contributed by atoms with Crippen LogP contribution in [0.15, 0.2) is 18.2 Å². The number of para-hydroxylation sites is 1. The highest BCUT2D eigenvalue weighted by atomic mass is 35.5. The van der Waals surface area contributed by atoms with Crippen molar-refractivity contribution >= 4 is 23.3 Å². The summed E-state index contributed by atoms with van der Waals surface area (Å²) >= 11 is 5.91. The second-order valence-electron chi connectivity index (χ2n) is 5.97. The molecule has 1 aliphatic rings. The topological polar surface area (TPSA) is 52.3 Å². The molecule has 0 bridgehead atoms. The van der Waals surface area contributed by atoms with Gasteiger partial charge in [-0.3, -0.25) is 0 Å². The van der Waals surface area contributed by atoms with E-state index in [4.69, 9.17) is 22.1 Å². The number of benzene rings is 1. The van der Waals surface area contributed by atoms with Crippen LogP contribution in [-0.2, 0) is 4.74 Å². The molecule has 1 saturated carbocycles. The Morgan fingerprint density at radius 1 is 1.37 bits per heavy atom. The number of esters is 1. The number of hydrogen-bond donors (Lipinski definition) is 1. The van der Waals surface area contributed by atoms with E-state index in [9.17, 15) is 4.79 Å². The predicted octanol–water partition coefficient (Wildman–Crippen LogP) is 4.05. The molecule has 0 spiro atoms. The van der Waals surface area contributed by atoms with Crippen LogP contribution in [0.1, 0.15) is 49.9 Å². The highest BCUT2D eigenvalue weighted by Gasteiger charge is 2.29. The Kier molecular flexibility index (Phi) is 4.04. The van der Waals surface area contributed by atoms with Gasteiger partial charge in [-0.2, -0.15) is 0 Å². The fourth-order valence-corrected chi connectivity index (χ4v) is 2.60. The van der Waals surface area contributed by atoms with Crippen molar-refractivity contribution < 1.29 is 9.53 Å². The summed E-state index contributed by atoms with van der Waals surface area (Å²) in [5.74, 6) is -0.371. The molecule has 0 saturated heterocycles. The number of halogens is 1. The van der Waals surface area contributed by atoms with Crippen LogP contribution in [0.3, 0.4) is 0 Å². The zero-order chi connectivity index (χ0) is 14.0. The molecule has 0 unspecified atom stereocenters. The van der Waals surface area contributed by atoms with Gasteiger partial charge >= 0.3 is 5.97 Å². The summed E-state index contributed by atoms with van der Waals surface area (Å²) in [5, 5.41) is 0.388. The molecular formula is C15H20ClNO2. The molecule has 1 aliphatic carbocycles. The lowest BCUT2D eigenvalue weighted by atomic mass is 9.76. The smallest absolute Gasteiger partial charge is 0.340 e. The minimum Gasteiger partial charge on any atom is -0.459 e. The molecule has 0 aliphatic heterocycles. The quantitative estimate of drug-likeness (QED) is 0.657. The number of carbonyl (C=O) groups is 1. The van der Waals surface area contributed by atoms with Crippen molar-refractivity contribution in [2.45, 2.75) is 45.6 Å².